The van der Waals surface area contributed by atoms with Crippen LogP contribution in [0, 0.1) is 6.92 Å². The number of hydrogen-bond acceptors (Lipinski definition) is 6. The standard InChI is InChI=1S/C32H37N7O5S/c1-23-34-28(21-35(23)2)45(43,44)37-15-9-14-26(20-37)39-22-33-29(30(39)25-12-7-4-8-13-25)31(40)38-17-16-36(32(41)42)19-27(38)18-24-10-5-3-6-11-24/h3-8,10-13,21-22,26-27H,9,14-20H2,1-2H3,(H,41,42)/t26?,27-/m1/s1. The second-order valence-corrected chi connectivity index (χ2v) is 13.6. The number of piperidine rings is 1. The van der Waals surface area contributed by atoms with Crippen molar-refractivity contribution in [2.24, 2.45) is 7.05 Å². The lowest BCUT2D eigenvalue weighted by Crippen LogP contribution is -2.57. The summed E-state index contributed by atoms with van der Waals surface area (Å²) in [6, 6.07) is 18.6. The molecule has 0 spiro atoms. The number of hydrogen-bond donors (Lipinski definition) is 1. The number of rotatable bonds is 7. The average molecular weight is 632 g/mol. The lowest BCUT2D eigenvalue weighted by Gasteiger charge is -2.40. The number of piperazine rings is 1. The van der Waals surface area contributed by atoms with Gasteiger partial charge in [-0.05, 0) is 31.7 Å². The van der Waals surface area contributed by atoms with Crippen LogP contribution in [-0.4, -0.2) is 97.5 Å². The molecule has 2 aromatic heterocycles. The van der Waals surface area contributed by atoms with Crippen molar-refractivity contribution in [3.8, 4) is 11.3 Å². The number of carboxylic acid groups (broad SMARTS) is 1. The number of carbonyl (C=O) groups excluding carboxylic acids is 1. The Morgan fingerprint density at radius 3 is 2.36 bits per heavy atom. The highest BCUT2D eigenvalue weighted by atomic mass is 32.2. The fraction of sp³-hybridized carbons (Fsp3) is 0.375. The Morgan fingerprint density at radius 2 is 1.69 bits per heavy atom. The van der Waals surface area contributed by atoms with Gasteiger partial charge in [0.05, 0.1) is 18.1 Å². The molecule has 0 aliphatic carbocycles. The number of imidazole rings is 2. The minimum atomic E-state index is -3.82. The lowest BCUT2D eigenvalue weighted by molar-refractivity contribution is 0.0447. The van der Waals surface area contributed by atoms with Gasteiger partial charge in [-0.2, -0.15) is 4.31 Å². The molecule has 1 unspecified atom stereocenters. The van der Waals surface area contributed by atoms with Gasteiger partial charge >= 0.3 is 6.09 Å². The molecule has 2 fully saturated rings. The van der Waals surface area contributed by atoms with Gasteiger partial charge in [0.1, 0.15) is 5.82 Å². The molecule has 2 amide bonds. The van der Waals surface area contributed by atoms with Gasteiger partial charge in [0.15, 0.2) is 10.7 Å². The molecule has 4 aromatic rings. The maximum absolute atomic E-state index is 14.4. The topological polar surface area (TPSA) is 134 Å². The predicted molar refractivity (Wildman–Crippen MR) is 167 cm³/mol. The van der Waals surface area contributed by atoms with E-state index in [0.29, 0.717) is 37.3 Å². The third-order valence-corrected chi connectivity index (χ3v) is 10.6. The fourth-order valence-corrected chi connectivity index (χ4v) is 7.86. The monoisotopic (exact) mass is 631 g/mol. The zero-order valence-electron chi connectivity index (χ0n) is 25.4. The van der Waals surface area contributed by atoms with Crippen LogP contribution in [0.2, 0.25) is 0 Å². The summed E-state index contributed by atoms with van der Waals surface area (Å²) in [6.07, 6.45) is 4.02. The Morgan fingerprint density at radius 1 is 0.978 bits per heavy atom. The lowest BCUT2D eigenvalue weighted by atomic mass is 10.0. The van der Waals surface area contributed by atoms with Crippen LogP contribution < -0.4 is 0 Å². The Labute approximate surface area is 262 Å². The second kappa shape index (κ2) is 12.5. The van der Waals surface area contributed by atoms with E-state index in [4.69, 9.17) is 0 Å². The number of nitrogens with zero attached hydrogens (tertiary/aromatic N) is 7. The van der Waals surface area contributed by atoms with Crippen LogP contribution in [0.25, 0.3) is 11.3 Å². The molecule has 0 bridgehead atoms. The molecule has 2 saturated heterocycles. The van der Waals surface area contributed by atoms with E-state index in [1.54, 1.807) is 29.8 Å². The quantitative estimate of drug-likeness (QED) is 0.329. The predicted octanol–water partition coefficient (Wildman–Crippen LogP) is 3.66. The first-order chi connectivity index (χ1) is 21.6. The van der Waals surface area contributed by atoms with Crippen molar-refractivity contribution < 1.29 is 23.1 Å². The van der Waals surface area contributed by atoms with E-state index in [1.165, 1.54) is 15.4 Å². The van der Waals surface area contributed by atoms with Gasteiger partial charge in [0.2, 0.25) is 0 Å². The first-order valence-corrected chi connectivity index (χ1v) is 16.5. The van der Waals surface area contributed by atoms with Crippen molar-refractivity contribution in [2.45, 2.75) is 43.3 Å². The van der Waals surface area contributed by atoms with Crippen LogP contribution in [0.4, 0.5) is 4.79 Å². The van der Waals surface area contributed by atoms with Crippen molar-refractivity contribution in [2.75, 3.05) is 32.7 Å². The van der Waals surface area contributed by atoms with Crippen LogP contribution in [0.1, 0.15) is 40.8 Å². The number of amides is 2. The highest BCUT2D eigenvalue weighted by Gasteiger charge is 2.38. The van der Waals surface area contributed by atoms with E-state index in [1.807, 2.05) is 65.2 Å². The van der Waals surface area contributed by atoms with Crippen molar-refractivity contribution in [3.05, 3.63) is 90.3 Å². The van der Waals surface area contributed by atoms with E-state index < -0.39 is 16.1 Å². The summed E-state index contributed by atoms with van der Waals surface area (Å²) in [6.45, 7) is 3.00. The molecular formula is C32H37N7O5S. The highest BCUT2D eigenvalue weighted by Crippen LogP contribution is 2.33. The Hall–Kier alpha value is -4.49. The summed E-state index contributed by atoms with van der Waals surface area (Å²) >= 11 is 0. The van der Waals surface area contributed by atoms with Crippen molar-refractivity contribution in [1.29, 1.82) is 0 Å². The first-order valence-electron chi connectivity index (χ1n) is 15.1. The molecule has 45 heavy (non-hydrogen) atoms. The third kappa shape index (κ3) is 6.09. The second-order valence-electron chi connectivity index (χ2n) is 11.7. The van der Waals surface area contributed by atoms with E-state index in [2.05, 4.69) is 9.97 Å². The van der Waals surface area contributed by atoms with Crippen LogP contribution in [0.3, 0.4) is 0 Å². The molecule has 4 heterocycles. The van der Waals surface area contributed by atoms with E-state index >= 15 is 0 Å². The molecule has 1 N–H and O–H groups in total. The third-order valence-electron chi connectivity index (χ3n) is 8.82. The van der Waals surface area contributed by atoms with Gasteiger partial charge in [0, 0.05) is 57.6 Å². The maximum Gasteiger partial charge on any atom is 0.407 e. The van der Waals surface area contributed by atoms with Crippen LogP contribution in [-0.2, 0) is 23.5 Å². The van der Waals surface area contributed by atoms with E-state index in [0.717, 1.165) is 11.1 Å². The molecule has 0 saturated carbocycles. The Bertz CT molecular complexity index is 1770. The zero-order valence-corrected chi connectivity index (χ0v) is 26.2. The number of benzene rings is 2. The van der Waals surface area contributed by atoms with Crippen LogP contribution >= 0.6 is 0 Å². The molecular weight excluding hydrogens is 594 g/mol. The molecule has 2 aliphatic rings. The summed E-state index contributed by atoms with van der Waals surface area (Å²) < 4.78 is 32.3. The summed E-state index contributed by atoms with van der Waals surface area (Å²) in [7, 11) is -2.05. The van der Waals surface area contributed by atoms with Crippen molar-refractivity contribution in [1.82, 2.24) is 33.2 Å². The number of aryl methyl sites for hydroxylation is 2. The Kier molecular flexibility index (Phi) is 8.47. The van der Waals surface area contributed by atoms with Gasteiger partial charge < -0.3 is 24.0 Å². The van der Waals surface area contributed by atoms with E-state index in [-0.39, 0.29) is 54.9 Å². The maximum atomic E-state index is 14.4. The molecule has 2 aliphatic heterocycles. The van der Waals surface area contributed by atoms with Gasteiger partial charge in [-0.15, -0.1) is 0 Å². The molecule has 12 nitrogen and oxygen atoms in total. The van der Waals surface area contributed by atoms with Gasteiger partial charge in [-0.3, -0.25) is 4.79 Å². The van der Waals surface area contributed by atoms with E-state index in [9.17, 15) is 23.1 Å². The first kappa shape index (κ1) is 30.5. The minimum Gasteiger partial charge on any atom is -0.465 e. The fourth-order valence-electron chi connectivity index (χ4n) is 6.32. The van der Waals surface area contributed by atoms with Crippen LogP contribution in [0.15, 0.2) is 78.2 Å². The summed E-state index contributed by atoms with van der Waals surface area (Å²) in [5, 5.41) is 9.75. The summed E-state index contributed by atoms with van der Waals surface area (Å²) in [5.74, 6) is 0.337. The SMILES string of the molecule is Cc1nc(S(=O)(=O)N2CCCC(n3cnc(C(=O)N4CCN(C(=O)O)C[C@H]4Cc4ccccc4)c3-c3ccccc3)C2)cn1C. The highest BCUT2D eigenvalue weighted by molar-refractivity contribution is 7.89. The molecule has 6 rings (SSSR count). The Balaban J connectivity index is 1.34. The summed E-state index contributed by atoms with van der Waals surface area (Å²) in [5.41, 5.74) is 2.69. The number of carbonyl (C=O) groups is 2. The van der Waals surface area contributed by atoms with Gasteiger partial charge in [0.25, 0.3) is 15.9 Å². The number of sulfonamides is 1. The number of aromatic nitrogens is 4. The van der Waals surface area contributed by atoms with Crippen LogP contribution in [0.5, 0.6) is 0 Å². The van der Waals surface area contributed by atoms with Gasteiger partial charge in [-0.1, -0.05) is 60.7 Å². The average Bonchev–Trinajstić information content (AvgIpc) is 3.65. The minimum absolute atomic E-state index is 0.0258. The molecule has 2 aromatic carbocycles. The largest absolute Gasteiger partial charge is 0.465 e. The van der Waals surface area contributed by atoms with Gasteiger partial charge in [-0.25, -0.2) is 23.2 Å². The van der Waals surface area contributed by atoms with Crippen molar-refractivity contribution in [3.63, 3.8) is 0 Å². The molecule has 236 valence electrons. The normalized spacial score (nSPS) is 19.5. The molecule has 13 heteroatoms. The molecule has 0 radical (unpaired) electrons. The summed E-state index contributed by atoms with van der Waals surface area (Å²) in [4.78, 5) is 38.3. The zero-order chi connectivity index (χ0) is 31.7. The van der Waals surface area contributed by atoms with Crippen molar-refractivity contribution >= 4 is 22.0 Å². The smallest absolute Gasteiger partial charge is 0.407 e. The molecule has 2 atom stereocenters.